The molecule has 0 radical (unpaired) electrons. The summed E-state index contributed by atoms with van der Waals surface area (Å²) < 4.78 is 16.3. The molecule has 1 aromatic carbocycles. The van der Waals surface area contributed by atoms with Crippen molar-refractivity contribution in [1.29, 1.82) is 0 Å². The molecule has 0 aliphatic carbocycles. The van der Waals surface area contributed by atoms with Gasteiger partial charge in [-0.05, 0) is 42.7 Å². The van der Waals surface area contributed by atoms with Crippen LogP contribution in [0, 0.1) is 0 Å². The summed E-state index contributed by atoms with van der Waals surface area (Å²) in [7, 11) is 6.44. The normalized spacial score (nSPS) is 11.6. The van der Waals surface area contributed by atoms with Crippen LogP contribution in [-0.4, -0.2) is 51.8 Å². The third-order valence-corrected chi connectivity index (χ3v) is 4.60. The van der Waals surface area contributed by atoms with Crippen molar-refractivity contribution in [3.63, 3.8) is 0 Å². The van der Waals surface area contributed by atoms with Gasteiger partial charge in [0.2, 0.25) is 0 Å². The van der Waals surface area contributed by atoms with Gasteiger partial charge in [0.1, 0.15) is 17.6 Å². The minimum absolute atomic E-state index is 0.325. The molecule has 1 N–H and O–H groups in total. The fraction of sp³-hybridized carbons (Fsp3) is 0.368. The Balaban J connectivity index is 2.25. The third kappa shape index (κ3) is 5.70. The SMILES string of the molecule is CNCCC(Oc1ccsc1C(=O)OC)c1cccc(OC(=O)N(C)C)c1. The van der Waals surface area contributed by atoms with Gasteiger partial charge in [-0.15, -0.1) is 11.3 Å². The summed E-state index contributed by atoms with van der Waals surface area (Å²) in [5.41, 5.74) is 0.844. The van der Waals surface area contributed by atoms with Crippen LogP contribution >= 0.6 is 11.3 Å². The van der Waals surface area contributed by atoms with E-state index >= 15 is 0 Å². The first kappa shape index (κ1) is 20.7. The third-order valence-electron chi connectivity index (χ3n) is 3.73. The van der Waals surface area contributed by atoms with E-state index in [1.807, 2.05) is 13.1 Å². The minimum atomic E-state index is -0.453. The first-order chi connectivity index (χ1) is 13.0. The molecule has 1 atom stereocenters. The highest BCUT2D eigenvalue weighted by Gasteiger charge is 2.21. The Morgan fingerprint density at radius 1 is 1.26 bits per heavy atom. The molecule has 2 rings (SSSR count). The molecule has 1 aromatic heterocycles. The molecule has 0 saturated carbocycles. The van der Waals surface area contributed by atoms with Gasteiger partial charge in [-0.25, -0.2) is 9.59 Å². The van der Waals surface area contributed by atoms with Gasteiger partial charge in [0.25, 0.3) is 0 Å². The van der Waals surface area contributed by atoms with Crippen molar-refractivity contribution in [2.75, 3.05) is 34.8 Å². The number of nitrogens with zero attached hydrogens (tertiary/aromatic N) is 1. The average Bonchev–Trinajstić information content (AvgIpc) is 3.12. The van der Waals surface area contributed by atoms with Gasteiger partial charge in [0.05, 0.1) is 7.11 Å². The van der Waals surface area contributed by atoms with Crippen LogP contribution in [0.15, 0.2) is 35.7 Å². The number of benzene rings is 1. The van der Waals surface area contributed by atoms with Gasteiger partial charge < -0.3 is 24.4 Å². The molecule has 0 spiro atoms. The van der Waals surface area contributed by atoms with Crippen molar-refractivity contribution in [2.24, 2.45) is 0 Å². The highest BCUT2D eigenvalue weighted by Crippen LogP contribution is 2.32. The Kier molecular flexibility index (Phi) is 7.63. The summed E-state index contributed by atoms with van der Waals surface area (Å²) in [6.07, 6.45) is -0.114. The molecule has 2 aromatic rings. The van der Waals surface area contributed by atoms with Crippen molar-refractivity contribution >= 4 is 23.4 Å². The minimum Gasteiger partial charge on any atom is -0.484 e. The van der Waals surface area contributed by atoms with Gasteiger partial charge in [0, 0.05) is 20.5 Å². The molecule has 27 heavy (non-hydrogen) atoms. The molecule has 1 heterocycles. The number of ether oxygens (including phenoxy) is 3. The first-order valence-corrected chi connectivity index (χ1v) is 9.30. The zero-order valence-electron chi connectivity index (χ0n) is 15.9. The Hall–Kier alpha value is -2.58. The maximum atomic E-state index is 11.9. The molecule has 0 aliphatic heterocycles. The summed E-state index contributed by atoms with van der Waals surface area (Å²) in [6, 6.07) is 8.94. The lowest BCUT2D eigenvalue weighted by molar-refractivity contribution is 0.0598. The van der Waals surface area contributed by atoms with Gasteiger partial charge >= 0.3 is 12.1 Å². The largest absolute Gasteiger partial charge is 0.484 e. The van der Waals surface area contributed by atoms with Gasteiger partial charge in [-0.2, -0.15) is 0 Å². The summed E-state index contributed by atoms with van der Waals surface area (Å²) in [5, 5.41) is 4.88. The second kappa shape index (κ2) is 9.94. The number of thiophene rings is 1. The molecule has 146 valence electrons. The number of esters is 1. The van der Waals surface area contributed by atoms with Gasteiger partial charge in [-0.3, -0.25) is 0 Å². The number of nitrogens with one attached hydrogen (secondary N) is 1. The molecule has 0 saturated heterocycles. The second-order valence-corrected chi connectivity index (χ2v) is 6.86. The quantitative estimate of drug-likeness (QED) is 0.695. The number of hydrogen-bond donors (Lipinski definition) is 1. The van der Waals surface area contributed by atoms with E-state index < -0.39 is 12.1 Å². The molecule has 1 amide bonds. The predicted molar refractivity (Wildman–Crippen MR) is 104 cm³/mol. The van der Waals surface area contributed by atoms with Crippen molar-refractivity contribution in [2.45, 2.75) is 12.5 Å². The van der Waals surface area contributed by atoms with Crippen LogP contribution in [0.2, 0.25) is 0 Å². The van der Waals surface area contributed by atoms with E-state index in [1.165, 1.54) is 23.3 Å². The highest BCUT2D eigenvalue weighted by atomic mass is 32.1. The van der Waals surface area contributed by atoms with Crippen molar-refractivity contribution in [3.05, 3.63) is 46.2 Å². The molecular formula is C19H24N2O5S. The monoisotopic (exact) mass is 392 g/mol. The lowest BCUT2D eigenvalue weighted by Crippen LogP contribution is -2.25. The second-order valence-electron chi connectivity index (χ2n) is 5.94. The number of carbonyl (C=O) groups is 2. The zero-order valence-corrected chi connectivity index (χ0v) is 16.7. The average molecular weight is 392 g/mol. The van der Waals surface area contributed by atoms with E-state index in [0.717, 1.165) is 5.56 Å². The van der Waals surface area contributed by atoms with E-state index in [-0.39, 0.29) is 6.10 Å². The molecule has 0 aliphatic rings. The molecule has 1 unspecified atom stereocenters. The first-order valence-electron chi connectivity index (χ1n) is 8.42. The van der Waals surface area contributed by atoms with Crippen molar-refractivity contribution in [1.82, 2.24) is 10.2 Å². The van der Waals surface area contributed by atoms with Gasteiger partial charge in [0.15, 0.2) is 4.88 Å². The van der Waals surface area contributed by atoms with E-state index in [2.05, 4.69) is 5.32 Å². The molecular weight excluding hydrogens is 368 g/mol. The maximum absolute atomic E-state index is 11.9. The summed E-state index contributed by atoms with van der Waals surface area (Å²) in [6.45, 7) is 0.712. The van der Waals surface area contributed by atoms with E-state index in [1.54, 1.807) is 43.7 Å². The van der Waals surface area contributed by atoms with Gasteiger partial charge in [-0.1, -0.05) is 12.1 Å². The Bertz CT molecular complexity index is 775. The maximum Gasteiger partial charge on any atom is 0.414 e. The number of methoxy groups -OCH3 is 1. The van der Waals surface area contributed by atoms with Crippen LogP contribution in [0.5, 0.6) is 11.5 Å². The Labute approximate surface area is 162 Å². The van der Waals surface area contributed by atoms with Crippen molar-refractivity contribution in [3.8, 4) is 11.5 Å². The van der Waals surface area contributed by atoms with Crippen LogP contribution < -0.4 is 14.8 Å². The van der Waals surface area contributed by atoms with Crippen molar-refractivity contribution < 1.29 is 23.8 Å². The molecule has 0 fully saturated rings. The number of amides is 1. The summed E-state index contributed by atoms with van der Waals surface area (Å²) in [4.78, 5) is 25.5. The highest BCUT2D eigenvalue weighted by molar-refractivity contribution is 7.12. The molecule has 8 heteroatoms. The van der Waals surface area contributed by atoms with Crippen LogP contribution in [-0.2, 0) is 4.74 Å². The topological polar surface area (TPSA) is 77.1 Å². The van der Waals surface area contributed by atoms with Crippen LogP contribution in [0.4, 0.5) is 4.79 Å². The van der Waals surface area contributed by atoms with E-state index in [4.69, 9.17) is 14.2 Å². The number of carbonyl (C=O) groups excluding carboxylic acids is 2. The number of rotatable bonds is 8. The van der Waals surface area contributed by atoms with E-state index in [9.17, 15) is 9.59 Å². The molecule has 0 bridgehead atoms. The molecule has 7 nitrogen and oxygen atoms in total. The van der Waals surface area contributed by atoms with Crippen LogP contribution in [0.25, 0.3) is 0 Å². The number of hydrogen-bond acceptors (Lipinski definition) is 7. The Morgan fingerprint density at radius 3 is 2.70 bits per heavy atom. The fourth-order valence-corrected chi connectivity index (χ4v) is 3.06. The summed E-state index contributed by atoms with van der Waals surface area (Å²) in [5.74, 6) is 0.479. The zero-order chi connectivity index (χ0) is 19.8. The standard InChI is InChI=1S/C19H24N2O5S/c1-20-10-8-15(26-16-9-11-27-17(16)18(22)24-4)13-6-5-7-14(12-13)25-19(23)21(2)3/h5-7,9,11-12,15,20H,8,10H2,1-4H3. The fourth-order valence-electron chi connectivity index (χ4n) is 2.32. The van der Waals surface area contributed by atoms with E-state index in [0.29, 0.717) is 29.3 Å². The summed E-state index contributed by atoms with van der Waals surface area (Å²) >= 11 is 1.27. The Morgan fingerprint density at radius 2 is 2.04 bits per heavy atom. The van der Waals surface area contributed by atoms with Crippen LogP contribution in [0.1, 0.15) is 27.8 Å². The smallest absolute Gasteiger partial charge is 0.414 e. The predicted octanol–water partition coefficient (Wildman–Crippen LogP) is 3.32. The lowest BCUT2D eigenvalue weighted by Gasteiger charge is -2.20. The van der Waals surface area contributed by atoms with Crippen LogP contribution in [0.3, 0.4) is 0 Å². The lowest BCUT2D eigenvalue weighted by atomic mass is 10.1.